The van der Waals surface area contributed by atoms with Crippen molar-refractivity contribution < 1.29 is 4.42 Å². The molecule has 1 aromatic heterocycles. The Morgan fingerprint density at radius 3 is 2.68 bits per heavy atom. The summed E-state index contributed by atoms with van der Waals surface area (Å²) < 4.78 is 5.72. The lowest BCUT2D eigenvalue weighted by Crippen LogP contribution is -2.32. The van der Waals surface area contributed by atoms with Crippen LogP contribution in [0.2, 0.25) is 0 Å². The van der Waals surface area contributed by atoms with Crippen LogP contribution in [-0.4, -0.2) is 22.8 Å². The highest BCUT2D eigenvalue weighted by atomic mass is 32.2. The van der Waals surface area contributed by atoms with Crippen LogP contribution < -0.4 is 5.32 Å². The third kappa shape index (κ3) is 3.98. The van der Waals surface area contributed by atoms with Crippen molar-refractivity contribution in [3.05, 3.63) is 24.3 Å². The maximum atomic E-state index is 5.72. The fraction of sp³-hybridized carbons (Fsp3) is 0.533. The molecule has 104 valence electrons. The van der Waals surface area contributed by atoms with Crippen molar-refractivity contribution in [1.29, 1.82) is 0 Å². The van der Waals surface area contributed by atoms with Gasteiger partial charge in [0.05, 0.1) is 0 Å². The first kappa shape index (κ1) is 14.4. The third-order valence-corrected chi connectivity index (χ3v) is 4.20. The van der Waals surface area contributed by atoms with Crippen LogP contribution in [0.4, 0.5) is 0 Å². The highest BCUT2D eigenvalue weighted by molar-refractivity contribution is 7.99. The van der Waals surface area contributed by atoms with Crippen LogP contribution in [0.3, 0.4) is 0 Å². The Labute approximate surface area is 119 Å². The quantitative estimate of drug-likeness (QED) is 0.774. The molecule has 2 aromatic rings. The zero-order valence-electron chi connectivity index (χ0n) is 11.8. The van der Waals surface area contributed by atoms with Gasteiger partial charge >= 0.3 is 0 Å². The minimum absolute atomic E-state index is 0.452. The van der Waals surface area contributed by atoms with Crippen molar-refractivity contribution >= 4 is 22.9 Å². The molecule has 0 aliphatic rings. The molecule has 19 heavy (non-hydrogen) atoms. The number of para-hydroxylation sites is 2. The van der Waals surface area contributed by atoms with Crippen molar-refractivity contribution in [2.45, 2.75) is 50.1 Å². The summed E-state index contributed by atoms with van der Waals surface area (Å²) in [5, 5.41) is 4.80. The maximum Gasteiger partial charge on any atom is 0.257 e. The molecule has 1 unspecified atom stereocenters. The van der Waals surface area contributed by atoms with E-state index in [4.69, 9.17) is 4.42 Å². The second-order valence-corrected chi connectivity index (χ2v) is 6.19. The molecule has 0 amide bonds. The summed E-state index contributed by atoms with van der Waals surface area (Å²) >= 11 is 1.69. The van der Waals surface area contributed by atoms with Crippen molar-refractivity contribution in [3.8, 4) is 0 Å². The van der Waals surface area contributed by atoms with E-state index in [1.54, 1.807) is 11.8 Å². The first-order chi connectivity index (χ1) is 9.22. The second-order valence-electron chi connectivity index (χ2n) is 4.80. The van der Waals surface area contributed by atoms with Gasteiger partial charge in [0.1, 0.15) is 5.52 Å². The molecule has 0 spiro atoms. The van der Waals surface area contributed by atoms with E-state index in [9.17, 15) is 0 Å². The molecule has 3 nitrogen and oxygen atoms in total. The average molecular weight is 278 g/mol. The number of hydrogen-bond acceptors (Lipinski definition) is 4. The lowest BCUT2D eigenvalue weighted by Gasteiger charge is -2.17. The average Bonchev–Trinajstić information content (AvgIpc) is 2.81. The fourth-order valence-electron chi connectivity index (χ4n) is 2.03. The van der Waals surface area contributed by atoms with E-state index < -0.39 is 0 Å². The summed E-state index contributed by atoms with van der Waals surface area (Å²) in [7, 11) is 0. The Morgan fingerprint density at radius 2 is 2.00 bits per heavy atom. The minimum atomic E-state index is 0.452. The molecule has 1 heterocycles. The van der Waals surface area contributed by atoms with Gasteiger partial charge in [0, 0.05) is 17.8 Å². The van der Waals surface area contributed by atoms with Crippen LogP contribution in [-0.2, 0) is 0 Å². The van der Waals surface area contributed by atoms with Gasteiger partial charge in [-0.3, -0.25) is 0 Å². The second kappa shape index (κ2) is 6.96. The molecule has 0 radical (unpaired) electrons. The van der Waals surface area contributed by atoms with Crippen LogP contribution in [0.25, 0.3) is 11.1 Å². The minimum Gasteiger partial charge on any atom is -0.431 e. The Hall–Kier alpha value is -1.00. The number of thioether (sulfide) groups is 1. The summed E-state index contributed by atoms with van der Waals surface area (Å²) in [4.78, 5) is 4.49. The third-order valence-electron chi connectivity index (χ3n) is 3.26. The van der Waals surface area contributed by atoms with Gasteiger partial charge < -0.3 is 9.73 Å². The Morgan fingerprint density at radius 1 is 1.26 bits per heavy atom. The van der Waals surface area contributed by atoms with Gasteiger partial charge in [0.25, 0.3) is 5.22 Å². The molecule has 0 aliphatic carbocycles. The number of nitrogens with zero attached hydrogens (tertiary/aromatic N) is 1. The normalized spacial score (nSPS) is 13.3. The van der Waals surface area contributed by atoms with Crippen LogP contribution in [0, 0.1) is 0 Å². The Kier molecular flexibility index (Phi) is 5.28. The highest BCUT2D eigenvalue weighted by Crippen LogP contribution is 2.26. The molecular weight excluding hydrogens is 256 g/mol. The molecular formula is C15H22N2OS. The fourth-order valence-corrected chi connectivity index (χ4v) is 2.84. The highest BCUT2D eigenvalue weighted by Gasteiger charge is 2.12. The van der Waals surface area contributed by atoms with E-state index in [0.717, 1.165) is 22.9 Å². The SMILES string of the molecule is CCC(CC)NCC(C)Sc1nc2ccccc2o1. The number of fused-ring (bicyclic) bond motifs is 1. The summed E-state index contributed by atoms with van der Waals surface area (Å²) in [6.07, 6.45) is 2.35. The number of nitrogens with one attached hydrogen (secondary N) is 1. The molecule has 0 aliphatic heterocycles. The zero-order valence-corrected chi connectivity index (χ0v) is 12.7. The van der Waals surface area contributed by atoms with E-state index in [-0.39, 0.29) is 0 Å². The van der Waals surface area contributed by atoms with E-state index in [0.29, 0.717) is 11.3 Å². The van der Waals surface area contributed by atoms with Gasteiger partial charge in [-0.25, -0.2) is 4.98 Å². The smallest absolute Gasteiger partial charge is 0.257 e. The van der Waals surface area contributed by atoms with Gasteiger partial charge in [-0.05, 0) is 25.0 Å². The number of aromatic nitrogens is 1. The van der Waals surface area contributed by atoms with Gasteiger partial charge in [-0.15, -0.1) is 0 Å². The van der Waals surface area contributed by atoms with E-state index >= 15 is 0 Å². The molecule has 4 heteroatoms. The van der Waals surface area contributed by atoms with Gasteiger partial charge in [-0.1, -0.05) is 44.7 Å². The van der Waals surface area contributed by atoms with E-state index in [2.05, 4.69) is 31.1 Å². The predicted octanol–water partition coefficient (Wildman–Crippen LogP) is 4.09. The Balaban J connectivity index is 1.89. The molecule has 1 aromatic carbocycles. The molecule has 0 bridgehead atoms. The van der Waals surface area contributed by atoms with Gasteiger partial charge in [0.2, 0.25) is 0 Å². The van der Waals surface area contributed by atoms with Crippen LogP contribution >= 0.6 is 11.8 Å². The zero-order chi connectivity index (χ0) is 13.7. The molecule has 1 N–H and O–H groups in total. The summed E-state index contributed by atoms with van der Waals surface area (Å²) in [6.45, 7) is 7.63. The van der Waals surface area contributed by atoms with E-state index in [1.165, 1.54) is 12.8 Å². The number of rotatable bonds is 7. The first-order valence-corrected chi connectivity index (χ1v) is 7.86. The van der Waals surface area contributed by atoms with Gasteiger partial charge in [0.15, 0.2) is 5.58 Å². The number of oxazole rings is 1. The first-order valence-electron chi connectivity index (χ1n) is 6.98. The standard InChI is InChI=1S/C15H22N2OS/c1-4-12(5-2)16-10-11(3)19-15-17-13-8-6-7-9-14(13)18-15/h6-9,11-12,16H,4-5,10H2,1-3H3. The number of hydrogen-bond donors (Lipinski definition) is 1. The van der Waals surface area contributed by atoms with Crippen molar-refractivity contribution in [2.75, 3.05) is 6.54 Å². The summed E-state index contributed by atoms with van der Waals surface area (Å²) in [6, 6.07) is 8.51. The van der Waals surface area contributed by atoms with Crippen molar-refractivity contribution in [3.63, 3.8) is 0 Å². The molecule has 0 saturated heterocycles. The van der Waals surface area contributed by atoms with Crippen molar-refractivity contribution in [1.82, 2.24) is 10.3 Å². The molecule has 0 saturated carbocycles. The molecule has 0 fully saturated rings. The van der Waals surface area contributed by atoms with Gasteiger partial charge in [-0.2, -0.15) is 0 Å². The molecule has 1 atom stereocenters. The maximum absolute atomic E-state index is 5.72. The van der Waals surface area contributed by atoms with Crippen LogP contribution in [0.1, 0.15) is 33.6 Å². The van der Waals surface area contributed by atoms with E-state index in [1.807, 2.05) is 24.3 Å². The summed E-state index contributed by atoms with van der Waals surface area (Å²) in [5.74, 6) is 0. The Bertz CT molecular complexity index is 475. The number of benzene rings is 1. The monoisotopic (exact) mass is 278 g/mol. The predicted molar refractivity (Wildman–Crippen MR) is 81.7 cm³/mol. The van der Waals surface area contributed by atoms with Crippen molar-refractivity contribution in [2.24, 2.45) is 0 Å². The largest absolute Gasteiger partial charge is 0.431 e. The lowest BCUT2D eigenvalue weighted by atomic mass is 10.2. The lowest BCUT2D eigenvalue weighted by molar-refractivity contribution is 0.477. The topological polar surface area (TPSA) is 38.1 Å². The molecule has 2 rings (SSSR count). The summed E-state index contributed by atoms with van der Waals surface area (Å²) in [5.41, 5.74) is 1.80. The van der Waals surface area contributed by atoms with Crippen LogP contribution in [0.5, 0.6) is 0 Å². The van der Waals surface area contributed by atoms with Crippen LogP contribution in [0.15, 0.2) is 33.9 Å².